The van der Waals surface area contributed by atoms with Gasteiger partial charge in [0.05, 0.1) is 14.2 Å². The Labute approximate surface area is 213 Å². The molecule has 0 radical (unpaired) electrons. The molecule has 3 heterocycles. The number of piperazine rings is 1. The Hall–Kier alpha value is -4.54. The molecule has 11 heteroatoms. The first-order valence-electron chi connectivity index (χ1n) is 11.8. The zero-order chi connectivity index (χ0) is 25.8. The number of anilines is 1. The first-order chi connectivity index (χ1) is 18.0. The van der Waals surface area contributed by atoms with E-state index in [1.165, 1.54) is 18.5 Å². The van der Waals surface area contributed by atoms with Crippen LogP contribution in [0.2, 0.25) is 0 Å². The third kappa shape index (κ3) is 5.35. The number of rotatable bonds is 7. The molecule has 0 atom stereocenters. The molecular weight excluding hydrogens is 477 g/mol. The molecule has 2 aromatic carbocycles. The van der Waals surface area contributed by atoms with Gasteiger partial charge in [-0.05, 0) is 48.5 Å². The van der Waals surface area contributed by atoms with Gasteiger partial charge in [-0.15, -0.1) is 5.10 Å². The van der Waals surface area contributed by atoms with Crippen molar-refractivity contribution in [2.45, 2.75) is 6.54 Å². The normalized spacial score (nSPS) is 13.5. The summed E-state index contributed by atoms with van der Waals surface area (Å²) >= 11 is 0. The van der Waals surface area contributed by atoms with E-state index in [0.717, 1.165) is 17.1 Å². The number of aromatic nitrogens is 5. The zero-order valence-electron chi connectivity index (χ0n) is 20.5. The average Bonchev–Trinajstić information content (AvgIpc) is 3.37. The van der Waals surface area contributed by atoms with Gasteiger partial charge in [-0.2, -0.15) is 0 Å². The lowest BCUT2D eigenvalue weighted by Gasteiger charge is -2.35. The van der Waals surface area contributed by atoms with Crippen molar-refractivity contribution in [2.75, 3.05) is 45.3 Å². The Morgan fingerprint density at radius 3 is 2.30 bits per heavy atom. The van der Waals surface area contributed by atoms with Crippen LogP contribution in [0.3, 0.4) is 0 Å². The van der Waals surface area contributed by atoms with Crippen molar-refractivity contribution in [2.24, 2.45) is 0 Å². The molecule has 2 aromatic heterocycles. The quantitative estimate of drug-likeness (QED) is 0.380. The van der Waals surface area contributed by atoms with E-state index in [-0.39, 0.29) is 18.3 Å². The number of nitrogens with zero attached hydrogens (tertiary/aromatic N) is 7. The number of carbonyl (C=O) groups is 1. The highest BCUT2D eigenvalue weighted by molar-refractivity contribution is 5.77. The van der Waals surface area contributed by atoms with Gasteiger partial charge < -0.3 is 19.3 Å². The second-order valence-electron chi connectivity index (χ2n) is 8.44. The third-order valence-corrected chi connectivity index (χ3v) is 6.20. The minimum absolute atomic E-state index is 0.0111. The molecule has 1 saturated heterocycles. The van der Waals surface area contributed by atoms with Crippen molar-refractivity contribution in [3.63, 3.8) is 0 Å². The second-order valence-corrected chi connectivity index (χ2v) is 8.44. The number of amides is 1. The first kappa shape index (κ1) is 24.2. The van der Waals surface area contributed by atoms with Crippen LogP contribution >= 0.6 is 0 Å². The number of methoxy groups -OCH3 is 2. The molecule has 4 aromatic rings. The van der Waals surface area contributed by atoms with E-state index in [4.69, 9.17) is 9.47 Å². The lowest BCUT2D eigenvalue weighted by molar-refractivity contribution is -0.132. The summed E-state index contributed by atoms with van der Waals surface area (Å²) in [6.07, 6.45) is 1.47. The van der Waals surface area contributed by atoms with Crippen molar-refractivity contribution in [1.29, 1.82) is 0 Å². The van der Waals surface area contributed by atoms with Gasteiger partial charge in [0.15, 0.2) is 11.6 Å². The van der Waals surface area contributed by atoms with Gasteiger partial charge in [-0.3, -0.25) is 4.79 Å². The number of ether oxygens (including phenoxy) is 2. The molecule has 0 N–H and O–H groups in total. The van der Waals surface area contributed by atoms with Crippen LogP contribution in [0, 0.1) is 5.82 Å². The highest BCUT2D eigenvalue weighted by Crippen LogP contribution is 2.25. The standard InChI is InChI=1S/C26H26FN7O3/c1-36-21-9-5-18(6-10-21)25-30-26(19-3-7-20(27)8-4-19)34(31-25)16-24(35)33-13-11-32(12-14-33)22-15-23(37-2)29-17-28-22/h3-10,15,17H,11-14,16H2,1-2H3. The summed E-state index contributed by atoms with van der Waals surface area (Å²) in [6, 6.07) is 15.1. The molecular formula is C26H26FN7O3. The largest absolute Gasteiger partial charge is 0.497 e. The summed E-state index contributed by atoms with van der Waals surface area (Å²) < 4.78 is 25.6. The molecule has 10 nitrogen and oxygen atoms in total. The topological polar surface area (TPSA) is 98.5 Å². The Morgan fingerprint density at radius 1 is 0.919 bits per heavy atom. The van der Waals surface area contributed by atoms with Crippen molar-refractivity contribution < 1.29 is 18.7 Å². The molecule has 1 fully saturated rings. The van der Waals surface area contributed by atoms with Gasteiger partial charge in [0, 0.05) is 43.4 Å². The Balaban J connectivity index is 1.34. The number of hydrogen-bond acceptors (Lipinski definition) is 8. The molecule has 0 spiro atoms. The second kappa shape index (κ2) is 10.6. The third-order valence-electron chi connectivity index (χ3n) is 6.20. The smallest absolute Gasteiger partial charge is 0.244 e. The maximum Gasteiger partial charge on any atom is 0.244 e. The summed E-state index contributed by atoms with van der Waals surface area (Å²) in [4.78, 5) is 30.2. The summed E-state index contributed by atoms with van der Waals surface area (Å²) in [5.74, 6) is 2.52. The van der Waals surface area contributed by atoms with E-state index in [2.05, 4.69) is 25.0 Å². The van der Waals surface area contributed by atoms with Gasteiger partial charge >= 0.3 is 0 Å². The van der Waals surface area contributed by atoms with E-state index in [9.17, 15) is 9.18 Å². The van der Waals surface area contributed by atoms with Crippen LogP contribution in [0.4, 0.5) is 10.2 Å². The fraction of sp³-hybridized carbons (Fsp3) is 0.269. The van der Waals surface area contributed by atoms with Crippen molar-refractivity contribution >= 4 is 11.7 Å². The van der Waals surface area contributed by atoms with Gasteiger partial charge in [-0.1, -0.05) is 0 Å². The van der Waals surface area contributed by atoms with Gasteiger partial charge in [0.25, 0.3) is 0 Å². The van der Waals surface area contributed by atoms with Crippen LogP contribution in [0.25, 0.3) is 22.8 Å². The molecule has 0 saturated carbocycles. The molecule has 0 unspecified atom stereocenters. The predicted octanol–water partition coefficient (Wildman–Crippen LogP) is 2.91. The molecule has 5 rings (SSSR count). The van der Waals surface area contributed by atoms with Gasteiger partial charge in [-0.25, -0.2) is 24.0 Å². The molecule has 1 aliphatic rings. The SMILES string of the molecule is COc1ccc(-c2nc(-c3ccc(F)cc3)n(CC(=O)N3CCN(c4cc(OC)ncn4)CC3)n2)cc1. The van der Waals surface area contributed by atoms with Crippen molar-refractivity contribution in [1.82, 2.24) is 29.6 Å². The van der Waals surface area contributed by atoms with Crippen LogP contribution in [0.15, 0.2) is 60.9 Å². The summed E-state index contributed by atoms with van der Waals surface area (Å²) in [5.41, 5.74) is 1.45. The molecule has 0 aliphatic carbocycles. The molecule has 0 bridgehead atoms. The fourth-order valence-electron chi connectivity index (χ4n) is 4.15. The van der Waals surface area contributed by atoms with Crippen molar-refractivity contribution in [3.8, 4) is 34.4 Å². The van der Waals surface area contributed by atoms with E-state index in [1.54, 1.807) is 42.0 Å². The fourth-order valence-corrected chi connectivity index (χ4v) is 4.15. The summed E-state index contributed by atoms with van der Waals surface area (Å²) in [7, 11) is 3.16. The maximum absolute atomic E-state index is 13.6. The minimum Gasteiger partial charge on any atom is -0.497 e. The Kier molecular flexibility index (Phi) is 6.93. The van der Waals surface area contributed by atoms with Crippen molar-refractivity contribution in [3.05, 3.63) is 66.7 Å². The lowest BCUT2D eigenvalue weighted by atomic mass is 10.2. The van der Waals surface area contributed by atoms with Crippen LogP contribution in [-0.2, 0) is 11.3 Å². The van der Waals surface area contributed by atoms with E-state index < -0.39 is 0 Å². The predicted molar refractivity (Wildman–Crippen MR) is 135 cm³/mol. The molecule has 1 amide bonds. The number of benzene rings is 2. The number of carbonyl (C=O) groups excluding carboxylic acids is 1. The first-order valence-corrected chi connectivity index (χ1v) is 11.8. The molecule has 37 heavy (non-hydrogen) atoms. The monoisotopic (exact) mass is 503 g/mol. The zero-order valence-corrected chi connectivity index (χ0v) is 20.5. The Morgan fingerprint density at radius 2 is 1.62 bits per heavy atom. The lowest BCUT2D eigenvalue weighted by Crippen LogP contribution is -2.50. The highest BCUT2D eigenvalue weighted by atomic mass is 19.1. The summed E-state index contributed by atoms with van der Waals surface area (Å²) in [5, 5.41) is 4.63. The van der Waals surface area contributed by atoms with Crippen LogP contribution in [-0.4, -0.2) is 75.9 Å². The van der Waals surface area contributed by atoms with Crippen LogP contribution in [0.1, 0.15) is 0 Å². The van der Waals surface area contributed by atoms with Gasteiger partial charge in [0.1, 0.15) is 30.3 Å². The van der Waals surface area contributed by atoms with E-state index in [0.29, 0.717) is 49.3 Å². The molecule has 1 aliphatic heterocycles. The molecule has 190 valence electrons. The number of hydrogen-bond donors (Lipinski definition) is 0. The minimum atomic E-state index is -0.347. The van der Waals surface area contributed by atoms with E-state index in [1.807, 2.05) is 24.3 Å². The van der Waals surface area contributed by atoms with Crippen LogP contribution in [0.5, 0.6) is 11.6 Å². The average molecular weight is 504 g/mol. The van der Waals surface area contributed by atoms with Gasteiger partial charge in [0.2, 0.25) is 11.8 Å². The van der Waals surface area contributed by atoms with Crippen LogP contribution < -0.4 is 14.4 Å². The number of halogens is 1. The summed E-state index contributed by atoms with van der Waals surface area (Å²) in [6.45, 7) is 2.35. The maximum atomic E-state index is 13.6. The Bertz CT molecular complexity index is 1370. The highest BCUT2D eigenvalue weighted by Gasteiger charge is 2.24. The van der Waals surface area contributed by atoms with E-state index >= 15 is 0 Å².